The van der Waals surface area contributed by atoms with Gasteiger partial charge in [0.1, 0.15) is 0 Å². The van der Waals surface area contributed by atoms with E-state index in [0.717, 1.165) is 16.6 Å². The van der Waals surface area contributed by atoms with Gasteiger partial charge < -0.3 is 9.67 Å². The van der Waals surface area contributed by atoms with Crippen LogP contribution in [-0.4, -0.2) is 20.6 Å². The number of carbonyl (C=O) groups is 1. The fourth-order valence-corrected chi connectivity index (χ4v) is 1.90. The van der Waals surface area contributed by atoms with Crippen LogP contribution in [0.15, 0.2) is 24.5 Å². The van der Waals surface area contributed by atoms with E-state index in [2.05, 4.69) is 4.98 Å². The second kappa shape index (κ2) is 3.96. The van der Waals surface area contributed by atoms with Crippen LogP contribution in [0.3, 0.4) is 0 Å². The lowest BCUT2D eigenvalue weighted by Crippen LogP contribution is -2.10. The second-order valence-electron chi connectivity index (χ2n) is 3.90. The first-order valence-electron chi connectivity index (χ1n) is 5.27. The molecule has 84 valence electrons. The molecule has 2 rings (SSSR count). The molecule has 0 amide bonds. The van der Waals surface area contributed by atoms with Crippen LogP contribution in [0.2, 0.25) is 0 Å². The molecule has 0 aliphatic carbocycles. The highest BCUT2D eigenvalue weighted by Gasteiger charge is 2.18. The van der Waals surface area contributed by atoms with E-state index in [1.54, 1.807) is 6.20 Å². The van der Waals surface area contributed by atoms with E-state index in [4.69, 9.17) is 5.11 Å². The summed E-state index contributed by atoms with van der Waals surface area (Å²) in [5, 5.41) is 9.08. The molecule has 1 N–H and O–H groups in total. The number of carboxylic acids is 1. The number of aromatic nitrogens is 2. The zero-order valence-corrected chi connectivity index (χ0v) is 9.34. The summed E-state index contributed by atoms with van der Waals surface area (Å²) in [7, 11) is 1.93. The van der Waals surface area contributed by atoms with Gasteiger partial charge in [0.25, 0.3) is 0 Å². The van der Waals surface area contributed by atoms with Crippen molar-refractivity contribution in [1.82, 2.24) is 9.55 Å². The van der Waals surface area contributed by atoms with Gasteiger partial charge in [-0.1, -0.05) is 6.92 Å². The van der Waals surface area contributed by atoms with Crippen LogP contribution < -0.4 is 0 Å². The third kappa shape index (κ3) is 1.66. The van der Waals surface area contributed by atoms with Crippen LogP contribution >= 0.6 is 0 Å². The fraction of sp³-hybridized carbons (Fsp3) is 0.333. The highest BCUT2D eigenvalue weighted by molar-refractivity contribution is 5.80. The third-order valence-corrected chi connectivity index (χ3v) is 2.86. The summed E-state index contributed by atoms with van der Waals surface area (Å²) in [4.78, 5) is 15.3. The van der Waals surface area contributed by atoms with Crippen molar-refractivity contribution in [2.24, 2.45) is 7.05 Å². The molecule has 0 spiro atoms. The van der Waals surface area contributed by atoms with Gasteiger partial charge in [0.15, 0.2) is 0 Å². The van der Waals surface area contributed by atoms with Crippen molar-refractivity contribution in [1.29, 1.82) is 0 Å². The van der Waals surface area contributed by atoms with Gasteiger partial charge in [0.2, 0.25) is 0 Å². The number of pyridine rings is 1. The molecule has 0 radical (unpaired) electrons. The van der Waals surface area contributed by atoms with E-state index < -0.39 is 11.9 Å². The Bertz CT molecular complexity index is 531. The maximum atomic E-state index is 11.1. The first-order valence-corrected chi connectivity index (χ1v) is 5.27. The molecule has 0 aliphatic heterocycles. The Kier molecular flexibility index (Phi) is 2.64. The van der Waals surface area contributed by atoms with Gasteiger partial charge in [-0.2, -0.15) is 0 Å². The molecule has 0 aliphatic rings. The van der Waals surface area contributed by atoms with E-state index in [-0.39, 0.29) is 0 Å². The van der Waals surface area contributed by atoms with E-state index in [1.807, 2.05) is 36.9 Å². The molecule has 0 saturated carbocycles. The molecule has 4 heteroatoms. The molecule has 16 heavy (non-hydrogen) atoms. The maximum Gasteiger partial charge on any atom is 0.311 e. The Balaban J connectivity index is 2.52. The molecule has 2 heterocycles. The van der Waals surface area contributed by atoms with Crippen molar-refractivity contribution in [3.63, 3.8) is 0 Å². The van der Waals surface area contributed by atoms with Crippen molar-refractivity contribution in [2.45, 2.75) is 19.3 Å². The zero-order chi connectivity index (χ0) is 11.7. The zero-order valence-electron chi connectivity index (χ0n) is 9.34. The lowest BCUT2D eigenvalue weighted by atomic mass is 9.98. The summed E-state index contributed by atoms with van der Waals surface area (Å²) in [5.74, 6) is -1.26. The quantitative estimate of drug-likeness (QED) is 0.858. The van der Waals surface area contributed by atoms with Gasteiger partial charge in [-0.05, 0) is 24.1 Å². The summed E-state index contributed by atoms with van der Waals surface area (Å²) >= 11 is 0. The molecular formula is C12H14N2O2. The van der Waals surface area contributed by atoms with Crippen molar-refractivity contribution in [2.75, 3.05) is 0 Å². The molecule has 0 saturated heterocycles. The van der Waals surface area contributed by atoms with Crippen LogP contribution in [0, 0.1) is 0 Å². The number of nitrogens with zero attached hydrogens (tertiary/aromatic N) is 2. The minimum absolute atomic E-state index is 0.466. The normalized spacial score (nSPS) is 12.9. The SMILES string of the molecule is CCC(C(=O)O)c1cnc2ccn(C)c2c1. The summed E-state index contributed by atoms with van der Waals surface area (Å²) in [5.41, 5.74) is 2.63. The largest absolute Gasteiger partial charge is 0.481 e. The van der Waals surface area contributed by atoms with E-state index in [9.17, 15) is 4.79 Å². The Morgan fingerprint density at radius 3 is 3.00 bits per heavy atom. The minimum atomic E-state index is -0.794. The van der Waals surface area contributed by atoms with Gasteiger partial charge in [-0.25, -0.2) is 0 Å². The molecule has 2 aromatic heterocycles. The molecular weight excluding hydrogens is 204 g/mol. The lowest BCUT2D eigenvalue weighted by Gasteiger charge is -2.09. The summed E-state index contributed by atoms with van der Waals surface area (Å²) in [6.07, 6.45) is 4.15. The number of carboxylic acid groups (broad SMARTS) is 1. The summed E-state index contributed by atoms with van der Waals surface area (Å²) < 4.78 is 1.94. The Labute approximate surface area is 93.5 Å². The topological polar surface area (TPSA) is 55.1 Å². The third-order valence-electron chi connectivity index (χ3n) is 2.86. The molecule has 0 bridgehead atoms. The van der Waals surface area contributed by atoms with Crippen LogP contribution in [0.25, 0.3) is 11.0 Å². The number of hydrogen-bond acceptors (Lipinski definition) is 2. The number of aliphatic carboxylic acids is 1. The minimum Gasteiger partial charge on any atom is -0.481 e. The van der Waals surface area contributed by atoms with Gasteiger partial charge in [0, 0.05) is 19.4 Å². The average molecular weight is 218 g/mol. The van der Waals surface area contributed by atoms with Gasteiger partial charge >= 0.3 is 5.97 Å². The van der Waals surface area contributed by atoms with Crippen LogP contribution in [0.5, 0.6) is 0 Å². The fourth-order valence-electron chi connectivity index (χ4n) is 1.90. The smallest absolute Gasteiger partial charge is 0.311 e. The molecule has 4 nitrogen and oxygen atoms in total. The van der Waals surface area contributed by atoms with E-state index in [1.165, 1.54) is 0 Å². The Morgan fingerprint density at radius 2 is 2.38 bits per heavy atom. The van der Waals surface area contributed by atoms with Crippen LogP contribution in [0.1, 0.15) is 24.8 Å². The van der Waals surface area contributed by atoms with Crippen LogP contribution in [0.4, 0.5) is 0 Å². The predicted octanol–water partition coefficient (Wildman–Crippen LogP) is 2.15. The van der Waals surface area contributed by atoms with Crippen molar-refractivity contribution < 1.29 is 9.90 Å². The summed E-state index contributed by atoms with van der Waals surface area (Å²) in [6.45, 7) is 1.87. The second-order valence-corrected chi connectivity index (χ2v) is 3.90. The summed E-state index contributed by atoms with van der Waals surface area (Å²) in [6, 6.07) is 3.82. The number of aryl methyl sites for hydroxylation is 1. The molecule has 2 aromatic rings. The van der Waals surface area contributed by atoms with Crippen molar-refractivity contribution in [3.05, 3.63) is 30.1 Å². The van der Waals surface area contributed by atoms with Crippen molar-refractivity contribution >= 4 is 17.0 Å². The monoisotopic (exact) mass is 218 g/mol. The first-order chi connectivity index (χ1) is 7.63. The Hall–Kier alpha value is -1.84. The number of hydrogen-bond donors (Lipinski definition) is 1. The average Bonchev–Trinajstić information content (AvgIpc) is 2.61. The highest BCUT2D eigenvalue weighted by Crippen LogP contribution is 2.22. The molecule has 0 fully saturated rings. The lowest BCUT2D eigenvalue weighted by molar-refractivity contribution is -0.138. The maximum absolute atomic E-state index is 11.1. The van der Waals surface area contributed by atoms with Crippen LogP contribution in [-0.2, 0) is 11.8 Å². The predicted molar refractivity (Wildman–Crippen MR) is 61.4 cm³/mol. The molecule has 1 unspecified atom stereocenters. The Morgan fingerprint density at radius 1 is 1.62 bits per heavy atom. The molecule has 0 aromatic carbocycles. The van der Waals surface area contributed by atoms with Gasteiger partial charge in [-0.3, -0.25) is 9.78 Å². The van der Waals surface area contributed by atoms with E-state index in [0.29, 0.717) is 6.42 Å². The van der Waals surface area contributed by atoms with Gasteiger partial charge in [0.05, 0.1) is 17.0 Å². The molecule has 1 atom stereocenters. The first kappa shape index (κ1) is 10.7. The number of rotatable bonds is 3. The van der Waals surface area contributed by atoms with Crippen molar-refractivity contribution in [3.8, 4) is 0 Å². The van der Waals surface area contributed by atoms with E-state index >= 15 is 0 Å². The van der Waals surface area contributed by atoms with Gasteiger partial charge in [-0.15, -0.1) is 0 Å². The highest BCUT2D eigenvalue weighted by atomic mass is 16.4. The number of fused-ring (bicyclic) bond motifs is 1. The standard InChI is InChI=1S/C12H14N2O2/c1-3-9(12(15)16)8-6-11-10(13-7-8)4-5-14(11)2/h4-7,9H,3H2,1-2H3,(H,15,16).